The Labute approximate surface area is 93.1 Å². The molecule has 0 saturated carbocycles. The summed E-state index contributed by atoms with van der Waals surface area (Å²) >= 11 is 5.56. The van der Waals surface area contributed by atoms with Crippen LogP contribution in [0.4, 0.5) is 0 Å². The number of fused-ring (bicyclic) bond motifs is 1. The maximum atomic E-state index is 5.56. The van der Waals surface area contributed by atoms with Gasteiger partial charge in [0.15, 0.2) is 0 Å². The molecule has 0 N–H and O–H groups in total. The molecular weight excluding hydrogens is 212 g/mol. The number of alkyl halides is 1. The van der Waals surface area contributed by atoms with Crippen molar-refractivity contribution in [3.05, 3.63) is 30.7 Å². The summed E-state index contributed by atoms with van der Waals surface area (Å²) in [6, 6.07) is 5.77. The molecule has 0 aliphatic rings. The van der Waals surface area contributed by atoms with Crippen LogP contribution in [0.2, 0.25) is 0 Å². The summed E-state index contributed by atoms with van der Waals surface area (Å²) in [7, 11) is 0. The summed E-state index contributed by atoms with van der Waals surface area (Å²) in [5.74, 6) is 1.45. The first-order valence-corrected chi connectivity index (χ1v) is 5.32. The standard InChI is InChI=1S/C11H11ClN2O/c12-4-1-5-15-10-3-2-9-7-13-8-14-11(9)6-10/h2-3,6-8H,1,4-5H2. The molecule has 3 nitrogen and oxygen atoms in total. The van der Waals surface area contributed by atoms with Crippen molar-refractivity contribution in [2.75, 3.05) is 12.5 Å². The van der Waals surface area contributed by atoms with Gasteiger partial charge in [0.1, 0.15) is 12.1 Å². The Morgan fingerprint density at radius 2 is 2.27 bits per heavy atom. The number of nitrogens with zero attached hydrogens (tertiary/aromatic N) is 2. The molecule has 2 aromatic rings. The van der Waals surface area contributed by atoms with Crippen molar-refractivity contribution in [2.24, 2.45) is 0 Å². The van der Waals surface area contributed by atoms with E-state index in [4.69, 9.17) is 16.3 Å². The lowest BCUT2D eigenvalue weighted by atomic mass is 10.2. The van der Waals surface area contributed by atoms with Gasteiger partial charge in [0.25, 0.3) is 0 Å². The molecule has 1 heterocycles. The first-order valence-electron chi connectivity index (χ1n) is 4.78. The van der Waals surface area contributed by atoms with Gasteiger partial charge in [-0.15, -0.1) is 11.6 Å². The predicted molar refractivity (Wildman–Crippen MR) is 60.4 cm³/mol. The van der Waals surface area contributed by atoms with Crippen molar-refractivity contribution in [3.8, 4) is 5.75 Å². The van der Waals surface area contributed by atoms with Crippen LogP contribution in [0.5, 0.6) is 5.75 Å². The average Bonchev–Trinajstić information content (AvgIpc) is 2.29. The lowest BCUT2D eigenvalue weighted by Crippen LogP contribution is -1.97. The summed E-state index contributed by atoms with van der Waals surface area (Å²) in [6.45, 7) is 0.639. The zero-order chi connectivity index (χ0) is 10.5. The van der Waals surface area contributed by atoms with E-state index in [2.05, 4.69) is 9.97 Å². The second-order valence-corrected chi connectivity index (χ2v) is 3.51. The monoisotopic (exact) mass is 222 g/mol. The highest BCUT2D eigenvalue weighted by Crippen LogP contribution is 2.18. The van der Waals surface area contributed by atoms with Crippen LogP contribution in [0, 0.1) is 0 Å². The molecule has 0 radical (unpaired) electrons. The summed E-state index contributed by atoms with van der Waals surface area (Å²) in [5, 5.41) is 1.02. The van der Waals surface area contributed by atoms with Gasteiger partial charge in [-0.2, -0.15) is 0 Å². The quantitative estimate of drug-likeness (QED) is 0.589. The molecule has 0 aliphatic heterocycles. The Morgan fingerprint density at radius 1 is 1.33 bits per heavy atom. The number of hydrogen-bond acceptors (Lipinski definition) is 3. The summed E-state index contributed by atoms with van der Waals surface area (Å²) in [4.78, 5) is 8.10. The molecule has 4 heteroatoms. The van der Waals surface area contributed by atoms with Gasteiger partial charge in [-0.05, 0) is 18.6 Å². The maximum absolute atomic E-state index is 5.56. The van der Waals surface area contributed by atoms with Crippen molar-refractivity contribution in [1.29, 1.82) is 0 Å². The summed E-state index contributed by atoms with van der Waals surface area (Å²) in [5.41, 5.74) is 0.897. The molecule has 0 aliphatic carbocycles. The van der Waals surface area contributed by atoms with E-state index in [1.807, 2.05) is 18.2 Å². The van der Waals surface area contributed by atoms with Crippen LogP contribution >= 0.6 is 11.6 Å². The number of benzene rings is 1. The third-order valence-corrected chi connectivity index (χ3v) is 2.29. The molecule has 0 saturated heterocycles. The normalized spacial score (nSPS) is 10.5. The highest BCUT2D eigenvalue weighted by Gasteiger charge is 1.97. The van der Waals surface area contributed by atoms with Gasteiger partial charge >= 0.3 is 0 Å². The molecule has 0 unspecified atom stereocenters. The minimum atomic E-state index is 0.621. The van der Waals surface area contributed by atoms with Crippen LogP contribution in [0.3, 0.4) is 0 Å². The molecule has 1 aromatic heterocycles. The second-order valence-electron chi connectivity index (χ2n) is 3.13. The Morgan fingerprint density at radius 3 is 3.13 bits per heavy atom. The van der Waals surface area contributed by atoms with Crippen LogP contribution in [-0.4, -0.2) is 22.5 Å². The van der Waals surface area contributed by atoms with Crippen LogP contribution in [0.1, 0.15) is 6.42 Å². The van der Waals surface area contributed by atoms with Gasteiger partial charge in [0.2, 0.25) is 0 Å². The minimum absolute atomic E-state index is 0.621. The molecule has 78 valence electrons. The molecule has 0 fully saturated rings. The molecule has 0 atom stereocenters. The van der Waals surface area contributed by atoms with Gasteiger partial charge in [0, 0.05) is 23.5 Å². The second kappa shape index (κ2) is 4.94. The molecule has 15 heavy (non-hydrogen) atoms. The number of hydrogen-bond donors (Lipinski definition) is 0. The van der Waals surface area contributed by atoms with Gasteiger partial charge in [-0.1, -0.05) is 0 Å². The zero-order valence-corrected chi connectivity index (χ0v) is 8.94. The smallest absolute Gasteiger partial charge is 0.121 e. The fourth-order valence-electron chi connectivity index (χ4n) is 1.29. The highest BCUT2D eigenvalue weighted by atomic mass is 35.5. The Hall–Kier alpha value is -1.35. The fourth-order valence-corrected chi connectivity index (χ4v) is 1.40. The van der Waals surface area contributed by atoms with Crippen LogP contribution in [-0.2, 0) is 0 Å². The minimum Gasteiger partial charge on any atom is -0.493 e. The van der Waals surface area contributed by atoms with E-state index in [1.165, 1.54) is 6.33 Å². The van der Waals surface area contributed by atoms with Crippen molar-refractivity contribution in [1.82, 2.24) is 9.97 Å². The van der Waals surface area contributed by atoms with Crippen LogP contribution in [0.25, 0.3) is 10.9 Å². The third kappa shape index (κ3) is 2.57. The number of rotatable bonds is 4. The van der Waals surface area contributed by atoms with Gasteiger partial charge in [-0.25, -0.2) is 9.97 Å². The van der Waals surface area contributed by atoms with E-state index < -0.39 is 0 Å². The zero-order valence-electron chi connectivity index (χ0n) is 8.19. The molecule has 0 amide bonds. The van der Waals surface area contributed by atoms with E-state index in [0.29, 0.717) is 12.5 Å². The summed E-state index contributed by atoms with van der Waals surface area (Å²) in [6.07, 6.45) is 4.17. The average molecular weight is 223 g/mol. The summed E-state index contributed by atoms with van der Waals surface area (Å²) < 4.78 is 5.51. The lowest BCUT2D eigenvalue weighted by Gasteiger charge is -2.05. The van der Waals surface area contributed by atoms with Gasteiger partial charge in [0.05, 0.1) is 12.1 Å². The van der Waals surface area contributed by atoms with Crippen molar-refractivity contribution in [2.45, 2.75) is 6.42 Å². The van der Waals surface area contributed by atoms with Crippen molar-refractivity contribution >= 4 is 22.5 Å². The molecule has 2 rings (SSSR count). The Bertz CT molecular complexity index is 447. The van der Waals surface area contributed by atoms with Gasteiger partial charge < -0.3 is 4.74 Å². The number of ether oxygens (including phenoxy) is 1. The SMILES string of the molecule is ClCCCOc1ccc2cncnc2c1. The van der Waals surface area contributed by atoms with E-state index in [-0.39, 0.29) is 0 Å². The number of aromatic nitrogens is 2. The third-order valence-electron chi connectivity index (χ3n) is 2.03. The maximum Gasteiger partial charge on any atom is 0.121 e. The van der Waals surface area contributed by atoms with E-state index in [0.717, 1.165) is 23.1 Å². The van der Waals surface area contributed by atoms with Crippen molar-refractivity contribution in [3.63, 3.8) is 0 Å². The van der Waals surface area contributed by atoms with Gasteiger partial charge in [-0.3, -0.25) is 0 Å². The first-order chi connectivity index (χ1) is 7.40. The molecule has 1 aromatic carbocycles. The van der Waals surface area contributed by atoms with Crippen LogP contribution in [0.15, 0.2) is 30.7 Å². The predicted octanol–water partition coefficient (Wildman–Crippen LogP) is 2.64. The molecular formula is C11H11ClN2O. The van der Waals surface area contributed by atoms with Crippen molar-refractivity contribution < 1.29 is 4.74 Å². The number of halogens is 1. The molecule has 0 spiro atoms. The Kier molecular flexibility index (Phi) is 3.35. The highest BCUT2D eigenvalue weighted by molar-refractivity contribution is 6.17. The van der Waals surface area contributed by atoms with Crippen LogP contribution < -0.4 is 4.74 Å². The topological polar surface area (TPSA) is 35.0 Å². The Balaban J connectivity index is 2.16. The van der Waals surface area contributed by atoms with E-state index in [1.54, 1.807) is 6.20 Å². The van der Waals surface area contributed by atoms with E-state index >= 15 is 0 Å². The fraction of sp³-hybridized carbons (Fsp3) is 0.273. The van der Waals surface area contributed by atoms with E-state index in [9.17, 15) is 0 Å². The first kappa shape index (κ1) is 10.2. The largest absolute Gasteiger partial charge is 0.493 e. The lowest BCUT2D eigenvalue weighted by molar-refractivity contribution is 0.318. The molecule has 0 bridgehead atoms.